The van der Waals surface area contributed by atoms with E-state index >= 15 is 0 Å². The van der Waals surface area contributed by atoms with Crippen LogP contribution >= 0.6 is 15.9 Å². The predicted molar refractivity (Wildman–Crippen MR) is 80.7 cm³/mol. The van der Waals surface area contributed by atoms with Crippen LogP contribution in [0.25, 0.3) is 0 Å². The molecule has 2 rings (SSSR count). The van der Waals surface area contributed by atoms with Gasteiger partial charge in [-0.05, 0) is 50.4 Å². The number of hydrogen-bond donors (Lipinski definition) is 2. The van der Waals surface area contributed by atoms with Gasteiger partial charge in [0.2, 0.25) is 0 Å². The van der Waals surface area contributed by atoms with Crippen LogP contribution in [0.3, 0.4) is 0 Å². The van der Waals surface area contributed by atoms with Gasteiger partial charge in [0, 0.05) is 23.1 Å². The number of piperidine rings is 1. The number of halogens is 1. The zero-order valence-corrected chi connectivity index (χ0v) is 12.7. The second-order valence-electron chi connectivity index (χ2n) is 5.29. The monoisotopic (exact) mass is 310 g/mol. The third-order valence-electron chi connectivity index (χ3n) is 3.59. The number of nitrogens with one attached hydrogen (secondary N) is 2. The molecular weight excluding hydrogens is 288 g/mol. The maximum Gasteiger partial charge on any atom is 0.0208 e. The molecule has 0 aliphatic carbocycles. The Kier molecular flexibility index (Phi) is 5.67. The molecule has 1 aliphatic heterocycles. The normalized spacial score (nSPS) is 21.8. The quantitative estimate of drug-likeness (QED) is 0.870. The van der Waals surface area contributed by atoms with Crippen LogP contribution in [0.1, 0.15) is 38.2 Å². The molecule has 0 spiro atoms. The summed E-state index contributed by atoms with van der Waals surface area (Å²) in [6.07, 6.45) is 5.29. The molecule has 1 heterocycles. The van der Waals surface area contributed by atoms with Crippen molar-refractivity contribution in [2.45, 2.75) is 51.2 Å². The summed E-state index contributed by atoms with van der Waals surface area (Å²) in [5.41, 5.74) is 1.34. The highest BCUT2D eigenvalue weighted by Gasteiger charge is 2.15. The van der Waals surface area contributed by atoms with Crippen LogP contribution in [-0.4, -0.2) is 18.6 Å². The Labute approximate surface area is 119 Å². The fourth-order valence-electron chi connectivity index (χ4n) is 2.57. The molecule has 1 aromatic rings. The van der Waals surface area contributed by atoms with Crippen molar-refractivity contribution < 1.29 is 0 Å². The Bertz CT molecular complexity index is 361. The van der Waals surface area contributed by atoms with Crippen LogP contribution in [-0.2, 0) is 6.54 Å². The maximum atomic E-state index is 3.61. The molecule has 0 radical (unpaired) electrons. The average Bonchev–Trinajstić information content (AvgIpc) is 2.38. The van der Waals surface area contributed by atoms with Crippen molar-refractivity contribution in [3.05, 3.63) is 34.3 Å². The van der Waals surface area contributed by atoms with Gasteiger partial charge in [-0.15, -0.1) is 0 Å². The van der Waals surface area contributed by atoms with Crippen LogP contribution in [0, 0.1) is 0 Å². The van der Waals surface area contributed by atoms with Crippen molar-refractivity contribution in [3.63, 3.8) is 0 Å². The summed E-state index contributed by atoms with van der Waals surface area (Å²) in [5, 5.41) is 7.22. The van der Waals surface area contributed by atoms with Gasteiger partial charge >= 0.3 is 0 Å². The molecule has 18 heavy (non-hydrogen) atoms. The van der Waals surface area contributed by atoms with Gasteiger partial charge in [0.15, 0.2) is 0 Å². The fraction of sp³-hybridized carbons (Fsp3) is 0.600. The lowest BCUT2D eigenvalue weighted by Crippen LogP contribution is -2.39. The summed E-state index contributed by atoms with van der Waals surface area (Å²) in [5.74, 6) is 0. The molecule has 0 saturated carbocycles. The minimum atomic E-state index is 0.569. The number of benzene rings is 1. The smallest absolute Gasteiger partial charge is 0.0208 e. The molecule has 0 bridgehead atoms. The second-order valence-corrected chi connectivity index (χ2v) is 6.21. The molecule has 2 nitrogen and oxygen atoms in total. The van der Waals surface area contributed by atoms with Crippen LogP contribution in [0.15, 0.2) is 28.7 Å². The fourth-order valence-corrected chi connectivity index (χ4v) is 3.02. The zero-order valence-electron chi connectivity index (χ0n) is 11.1. The second kappa shape index (κ2) is 7.27. The third-order valence-corrected chi connectivity index (χ3v) is 4.09. The van der Waals surface area contributed by atoms with E-state index < -0.39 is 0 Å². The lowest BCUT2D eigenvalue weighted by Gasteiger charge is -2.26. The highest BCUT2D eigenvalue weighted by atomic mass is 79.9. The van der Waals surface area contributed by atoms with Crippen molar-refractivity contribution in [1.82, 2.24) is 10.6 Å². The van der Waals surface area contributed by atoms with E-state index in [1.165, 1.54) is 37.8 Å². The van der Waals surface area contributed by atoms with Gasteiger partial charge in [-0.1, -0.05) is 34.5 Å². The first-order valence-electron chi connectivity index (χ1n) is 6.95. The topological polar surface area (TPSA) is 24.1 Å². The number of rotatable bonds is 5. The van der Waals surface area contributed by atoms with Gasteiger partial charge in [0.1, 0.15) is 0 Å². The van der Waals surface area contributed by atoms with Gasteiger partial charge < -0.3 is 10.6 Å². The first-order chi connectivity index (χ1) is 8.74. The summed E-state index contributed by atoms with van der Waals surface area (Å²) in [6.45, 7) is 4.44. The Morgan fingerprint density at radius 1 is 1.44 bits per heavy atom. The summed E-state index contributed by atoms with van der Waals surface area (Å²) in [7, 11) is 0. The molecule has 2 unspecified atom stereocenters. The van der Waals surface area contributed by atoms with Crippen LogP contribution in [0.2, 0.25) is 0 Å². The van der Waals surface area contributed by atoms with Crippen LogP contribution < -0.4 is 10.6 Å². The third kappa shape index (κ3) is 4.71. The van der Waals surface area contributed by atoms with E-state index in [0.29, 0.717) is 12.1 Å². The van der Waals surface area contributed by atoms with Crippen molar-refractivity contribution in [2.75, 3.05) is 6.54 Å². The first kappa shape index (κ1) is 14.0. The van der Waals surface area contributed by atoms with E-state index in [0.717, 1.165) is 11.0 Å². The summed E-state index contributed by atoms with van der Waals surface area (Å²) in [6, 6.07) is 9.79. The van der Waals surface area contributed by atoms with Crippen LogP contribution in [0.4, 0.5) is 0 Å². The molecule has 0 amide bonds. The molecule has 2 N–H and O–H groups in total. The Balaban J connectivity index is 1.72. The van der Waals surface area contributed by atoms with Crippen LogP contribution in [0.5, 0.6) is 0 Å². The molecule has 1 aromatic carbocycles. The van der Waals surface area contributed by atoms with Crippen molar-refractivity contribution in [2.24, 2.45) is 0 Å². The van der Waals surface area contributed by atoms with Gasteiger partial charge in [-0.3, -0.25) is 0 Å². The van der Waals surface area contributed by atoms with Gasteiger partial charge in [0.25, 0.3) is 0 Å². The summed E-state index contributed by atoms with van der Waals surface area (Å²) >= 11 is 3.51. The largest absolute Gasteiger partial charge is 0.314 e. The van der Waals surface area contributed by atoms with Gasteiger partial charge in [0.05, 0.1) is 0 Å². The highest BCUT2D eigenvalue weighted by molar-refractivity contribution is 9.10. The molecule has 2 atom stereocenters. The molecule has 0 aromatic heterocycles. The Hall–Kier alpha value is -0.380. The van der Waals surface area contributed by atoms with Crippen molar-refractivity contribution in [1.29, 1.82) is 0 Å². The van der Waals surface area contributed by atoms with E-state index in [2.05, 4.69) is 57.8 Å². The van der Waals surface area contributed by atoms with E-state index in [1.807, 2.05) is 0 Å². The van der Waals surface area contributed by atoms with E-state index in [-0.39, 0.29) is 0 Å². The molecule has 3 heteroatoms. The molecule has 1 fully saturated rings. The molecule has 1 saturated heterocycles. The SMILES string of the molecule is CC(CC1CCCCN1)NCc1cccc(Br)c1. The maximum absolute atomic E-state index is 3.61. The van der Waals surface area contributed by atoms with Gasteiger partial charge in [-0.2, -0.15) is 0 Å². The standard InChI is InChI=1S/C15H23BrN2/c1-12(9-15-7-2-3-8-17-15)18-11-13-5-4-6-14(16)10-13/h4-6,10,12,15,17-18H,2-3,7-9,11H2,1H3. The Morgan fingerprint density at radius 3 is 3.06 bits per heavy atom. The summed E-state index contributed by atoms with van der Waals surface area (Å²) < 4.78 is 1.16. The van der Waals surface area contributed by atoms with Crippen molar-refractivity contribution in [3.8, 4) is 0 Å². The van der Waals surface area contributed by atoms with Gasteiger partial charge in [-0.25, -0.2) is 0 Å². The minimum Gasteiger partial charge on any atom is -0.314 e. The lowest BCUT2D eigenvalue weighted by atomic mass is 9.99. The van der Waals surface area contributed by atoms with E-state index in [9.17, 15) is 0 Å². The molecule has 100 valence electrons. The predicted octanol–water partition coefficient (Wildman–Crippen LogP) is 3.46. The minimum absolute atomic E-state index is 0.569. The lowest BCUT2D eigenvalue weighted by molar-refractivity contribution is 0.344. The number of hydrogen-bond acceptors (Lipinski definition) is 2. The van der Waals surface area contributed by atoms with E-state index in [4.69, 9.17) is 0 Å². The van der Waals surface area contributed by atoms with E-state index in [1.54, 1.807) is 0 Å². The first-order valence-corrected chi connectivity index (χ1v) is 7.74. The Morgan fingerprint density at radius 2 is 2.33 bits per heavy atom. The highest BCUT2D eigenvalue weighted by Crippen LogP contribution is 2.14. The average molecular weight is 311 g/mol. The molecule has 1 aliphatic rings. The van der Waals surface area contributed by atoms with Crippen molar-refractivity contribution >= 4 is 15.9 Å². The molecular formula is C15H23BrN2. The summed E-state index contributed by atoms with van der Waals surface area (Å²) in [4.78, 5) is 0. The zero-order chi connectivity index (χ0) is 12.8.